The van der Waals surface area contributed by atoms with Gasteiger partial charge >= 0.3 is 5.97 Å². The van der Waals surface area contributed by atoms with Gasteiger partial charge in [0.15, 0.2) is 0 Å². The standard InChI is InChI=1S/C10H19NO3/c1-6-8(10(13)14-5)9(12)11(4)7(2)3/h7-8H,6H2,1-5H3. The lowest BCUT2D eigenvalue weighted by Crippen LogP contribution is -2.40. The second kappa shape index (κ2) is 5.62. The summed E-state index contributed by atoms with van der Waals surface area (Å²) in [6.07, 6.45) is 0.475. The highest BCUT2D eigenvalue weighted by atomic mass is 16.5. The molecule has 1 unspecified atom stereocenters. The molecule has 0 heterocycles. The minimum absolute atomic E-state index is 0.0983. The quantitative estimate of drug-likeness (QED) is 0.504. The van der Waals surface area contributed by atoms with Crippen molar-refractivity contribution in [1.29, 1.82) is 0 Å². The molecule has 0 aromatic carbocycles. The summed E-state index contributed by atoms with van der Waals surface area (Å²) in [5, 5.41) is 0. The first-order valence-electron chi connectivity index (χ1n) is 4.80. The van der Waals surface area contributed by atoms with Crippen molar-refractivity contribution in [3.8, 4) is 0 Å². The van der Waals surface area contributed by atoms with Crippen LogP contribution < -0.4 is 0 Å². The van der Waals surface area contributed by atoms with Crippen molar-refractivity contribution in [1.82, 2.24) is 4.90 Å². The molecule has 0 rings (SSSR count). The molecular weight excluding hydrogens is 182 g/mol. The maximum absolute atomic E-state index is 11.7. The SMILES string of the molecule is CCC(C(=O)OC)C(=O)N(C)C(C)C. The number of amides is 1. The molecule has 0 saturated carbocycles. The monoisotopic (exact) mass is 201 g/mol. The number of hydrogen-bond donors (Lipinski definition) is 0. The van der Waals surface area contributed by atoms with Crippen molar-refractivity contribution >= 4 is 11.9 Å². The number of carbonyl (C=O) groups excluding carboxylic acids is 2. The molecule has 0 radical (unpaired) electrons. The predicted octanol–water partition coefficient (Wildman–Crippen LogP) is 1.05. The largest absolute Gasteiger partial charge is 0.468 e. The number of esters is 1. The van der Waals surface area contributed by atoms with Crippen molar-refractivity contribution in [2.75, 3.05) is 14.2 Å². The average molecular weight is 201 g/mol. The number of methoxy groups -OCH3 is 1. The third kappa shape index (κ3) is 3.01. The predicted molar refractivity (Wildman–Crippen MR) is 53.7 cm³/mol. The van der Waals surface area contributed by atoms with Crippen molar-refractivity contribution in [3.05, 3.63) is 0 Å². The van der Waals surface area contributed by atoms with Crippen LogP contribution in [-0.2, 0) is 14.3 Å². The lowest BCUT2D eigenvalue weighted by atomic mass is 10.0. The first-order valence-corrected chi connectivity index (χ1v) is 4.80. The van der Waals surface area contributed by atoms with E-state index in [-0.39, 0.29) is 11.9 Å². The van der Waals surface area contributed by atoms with Crippen LogP contribution >= 0.6 is 0 Å². The average Bonchev–Trinajstić information content (AvgIpc) is 2.16. The second-order valence-corrected chi connectivity index (χ2v) is 3.53. The summed E-state index contributed by atoms with van der Waals surface area (Å²) in [6.45, 7) is 5.61. The first kappa shape index (κ1) is 12.9. The van der Waals surface area contributed by atoms with E-state index in [1.165, 1.54) is 7.11 Å². The van der Waals surface area contributed by atoms with Gasteiger partial charge in [-0.15, -0.1) is 0 Å². The molecule has 0 N–H and O–H groups in total. The van der Waals surface area contributed by atoms with E-state index in [9.17, 15) is 9.59 Å². The van der Waals surface area contributed by atoms with E-state index in [4.69, 9.17) is 0 Å². The van der Waals surface area contributed by atoms with Crippen LogP contribution in [0.5, 0.6) is 0 Å². The number of nitrogens with zero attached hydrogens (tertiary/aromatic N) is 1. The minimum atomic E-state index is -0.660. The first-order chi connectivity index (χ1) is 6.45. The van der Waals surface area contributed by atoms with E-state index in [1.807, 2.05) is 13.8 Å². The highest BCUT2D eigenvalue weighted by Gasteiger charge is 2.29. The molecule has 0 bridgehead atoms. The van der Waals surface area contributed by atoms with E-state index in [2.05, 4.69) is 4.74 Å². The zero-order chi connectivity index (χ0) is 11.3. The summed E-state index contributed by atoms with van der Waals surface area (Å²) < 4.78 is 4.57. The fraction of sp³-hybridized carbons (Fsp3) is 0.800. The van der Waals surface area contributed by atoms with E-state index in [0.717, 1.165) is 0 Å². The van der Waals surface area contributed by atoms with Gasteiger partial charge in [-0.25, -0.2) is 0 Å². The zero-order valence-corrected chi connectivity index (χ0v) is 9.53. The van der Waals surface area contributed by atoms with E-state index in [0.29, 0.717) is 6.42 Å². The van der Waals surface area contributed by atoms with Crippen LogP contribution in [-0.4, -0.2) is 37.0 Å². The number of ether oxygens (including phenoxy) is 1. The van der Waals surface area contributed by atoms with Gasteiger partial charge in [0.1, 0.15) is 5.92 Å². The fourth-order valence-corrected chi connectivity index (χ4v) is 1.08. The van der Waals surface area contributed by atoms with Crippen molar-refractivity contribution in [2.45, 2.75) is 33.2 Å². The third-order valence-corrected chi connectivity index (χ3v) is 2.31. The van der Waals surface area contributed by atoms with Crippen LogP contribution in [0.25, 0.3) is 0 Å². The Bertz CT molecular complexity index is 213. The van der Waals surface area contributed by atoms with Crippen LogP contribution in [0.3, 0.4) is 0 Å². The van der Waals surface area contributed by atoms with Gasteiger partial charge in [-0.3, -0.25) is 9.59 Å². The van der Waals surface area contributed by atoms with Gasteiger partial charge in [0.25, 0.3) is 0 Å². The maximum atomic E-state index is 11.7. The van der Waals surface area contributed by atoms with Crippen LogP contribution in [0, 0.1) is 5.92 Å². The Hall–Kier alpha value is -1.06. The van der Waals surface area contributed by atoms with Gasteiger partial charge in [-0.2, -0.15) is 0 Å². The Labute approximate surface area is 85.2 Å². The van der Waals surface area contributed by atoms with Crippen LogP contribution in [0.15, 0.2) is 0 Å². The molecule has 14 heavy (non-hydrogen) atoms. The summed E-state index contributed by atoms with van der Waals surface area (Å²) in [5.74, 6) is -1.29. The minimum Gasteiger partial charge on any atom is -0.468 e. The molecule has 0 saturated heterocycles. The van der Waals surface area contributed by atoms with E-state index in [1.54, 1.807) is 18.9 Å². The molecule has 0 aliphatic rings. The Morgan fingerprint density at radius 2 is 1.86 bits per heavy atom. The zero-order valence-electron chi connectivity index (χ0n) is 9.53. The molecule has 1 amide bonds. The molecule has 0 aromatic rings. The molecule has 0 aromatic heterocycles. The molecule has 0 aliphatic heterocycles. The van der Waals surface area contributed by atoms with Gasteiger partial charge in [-0.05, 0) is 20.3 Å². The fourth-order valence-electron chi connectivity index (χ4n) is 1.08. The number of rotatable bonds is 4. The normalized spacial score (nSPS) is 12.4. The van der Waals surface area contributed by atoms with Gasteiger partial charge in [0, 0.05) is 13.1 Å². The molecule has 0 fully saturated rings. The summed E-state index contributed by atoms with van der Waals surface area (Å²) in [4.78, 5) is 24.5. The third-order valence-electron chi connectivity index (χ3n) is 2.31. The van der Waals surface area contributed by atoms with Crippen molar-refractivity contribution in [3.63, 3.8) is 0 Å². The lowest BCUT2D eigenvalue weighted by Gasteiger charge is -2.24. The van der Waals surface area contributed by atoms with Gasteiger partial charge in [0.2, 0.25) is 5.91 Å². The molecule has 82 valence electrons. The summed E-state index contributed by atoms with van der Waals surface area (Å²) in [5.41, 5.74) is 0. The highest BCUT2D eigenvalue weighted by Crippen LogP contribution is 2.10. The number of hydrogen-bond acceptors (Lipinski definition) is 3. The molecule has 0 aliphatic carbocycles. The summed E-state index contributed by atoms with van der Waals surface area (Å²) >= 11 is 0. The van der Waals surface area contributed by atoms with E-state index >= 15 is 0 Å². The Kier molecular flexibility index (Phi) is 5.20. The van der Waals surface area contributed by atoms with Crippen LogP contribution in [0.4, 0.5) is 0 Å². The molecule has 0 spiro atoms. The number of carbonyl (C=O) groups is 2. The maximum Gasteiger partial charge on any atom is 0.318 e. The topological polar surface area (TPSA) is 46.6 Å². The van der Waals surface area contributed by atoms with Gasteiger partial charge in [-0.1, -0.05) is 6.92 Å². The van der Waals surface area contributed by atoms with Crippen LogP contribution in [0.1, 0.15) is 27.2 Å². The molecular formula is C10H19NO3. The van der Waals surface area contributed by atoms with Crippen LogP contribution in [0.2, 0.25) is 0 Å². The van der Waals surface area contributed by atoms with E-state index < -0.39 is 11.9 Å². The molecule has 1 atom stereocenters. The van der Waals surface area contributed by atoms with Crippen molar-refractivity contribution in [2.24, 2.45) is 5.92 Å². The molecule has 4 nitrogen and oxygen atoms in total. The Balaban J connectivity index is 4.54. The smallest absolute Gasteiger partial charge is 0.318 e. The second-order valence-electron chi connectivity index (χ2n) is 3.53. The van der Waals surface area contributed by atoms with Gasteiger partial charge < -0.3 is 9.64 Å². The highest BCUT2D eigenvalue weighted by molar-refractivity contribution is 5.97. The Morgan fingerprint density at radius 3 is 2.14 bits per heavy atom. The van der Waals surface area contributed by atoms with Gasteiger partial charge in [0.05, 0.1) is 7.11 Å². The Morgan fingerprint density at radius 1 is 1.36 bits per heavy atom. The summed E-state index contributed by atoms with van der Waals surface area (Å²) in [7, 11) is 2.99. The molecule has 4 heteroatoms. The summed E-state index contributed by atoms with van der Waals surface area (Å²) in [6, 6.07) is 0.0983. The lowest BCUT2D eigenvalue weighted by molar-refractivity contribution is -0.153. The van der Waals surface area contributed by atoms with Crippen molar-refractivity contribution < 1.29 is 14.3 Å².